The third-order valence-electron chi connectivity index (χ3n) is 3.29. The molecule has 4 unspecified atom stereocenters. The molecule has 2 rings (SSSR count). The fourth-order valence-corrected chi connectivity index (χ4v) is 2.29. The second-order valence-corrected chi connectivity index (χ2v) is 5.54. The largest absolute Gasteiger partial charge is 0.501 e. The number of nitrogens with zero attached hydrogens (tertiary/aromatic N) is 1. The molecule has 0 aliphatic carbocycles. The molecule has 2 aliphatic rings. The molecule has 0 amide bonds. The van der Waals surface area contributed by atoms with Gasteiger partial charge in [-0.3, -0.25) is 6.58 Å². The van der Waals surface area contributed by atoms with Crippen molar-refractivity contribution in [2.45, 2.75) is 38.6 Å². The molecule has 4 atom stereocenters. The molecule has 123 valence electrons. The van der Waals surface area contributed by atoms with Gasteiger partial charge >= 0.3 is 0 Å². The molecule has 0 saturated carbocycles. The Morgan fingerprint density at radius 3 is 2.45 bits per heavy atom. The molecular weight excluding hydrogens is 363 g/mol. The van der Waals surface area contributed by atoms with Gasteiger partial charge in [0.05, 0.1) is 19.3 Å². The molecular formula is C15H23NO5Y-2. The summed E-state index contributed by atoms with van der Waals surface area (Å²) < 4.78 is 11.0. The van der Waals surface area contributed by atoms with Gasteiger partial charge in [0.1, 0.15) is 6.10 Å². The number of hydrogen-bond acceptors (Lipinski definition) is 5. The van der Waals surface area contributed by atoms with Crippen LogP contribution in [0.3, 0.4) is 0 Å². The number of hydrogen-bond donors (Lipinski definition) is 0. The van der Waals surface area contributed by atoms with E-state index in [2.05, 4.69) is 31.0 Å². The zero-order valence-corrected chi connectivity index (χ0v) is 16.0. The molecule has 2 saturated heterocycles. The Kier molecular flexibility index (Phi) is 10.2. The van der Waals surface area contributed by atoms with Gasteiger partial charge in [0.15, 0.2) is 6.10 Å². The van der Waals surface area contributed by atoms with Crippen LogP contribution in [-0.2, 0) is 47.0 Å². The molecule has 2 aliphatic heterocycles. The molecule has 0 N–H and O–H groups in total. The van der Waals surface area contributed by atoms with Gasteiger partial charge in [-0.2, -0.15) is 5.92 Å². The topological polar surface area (TPSA) is 70.8 Å². The number of allylic oxidation sites excluding steroid dienone is 2. The molecule has 0 aromatic carbocycles. The van der Waals surface area contributed by atoms with Gasteiger partial charge in [0.25, 0.3) is 5.09 Å². The van der Waals surface area contributed by atoms with E-state index in [4.69, 9.17) is 9.47 Å². The Balaban J connectivity index is 0.000000644. The van der Waals surface area contributed by atoms with E-state index >= 15 is 0 Å². The fraction of sp³-hybridized carbons (Fsp3) is 0.667. The van der Waals surface area contributed by atoms with Crippen LogP contribution in [-0.4, -0.2) is 36.6 Å². The third kappa shape index (κ3) is 6.77. The van der Waals surface area contributed by atoms with Crippen molar-refractivity contribution in [3.63, 3.8) is 0 Å². The minimum Gasteiger partial charge on any atom is -0.501 e. The molecule has 1 radical (unpaired) electrons. The summed E-state index contributed by atoms with van der Waals surface area (Å²) in [5.74, 6) is 0.699. The SMILES string of the molecule is C=C([CH2-])CC1COC2C(O[N+](=O)[O-])COC12.C=[C-]C(C)C.[Y]. The average Bonchev–Trinajstić information content (AvgIpc) is 2.94. The van der Waals surface area contributed by atoms with Crippen molar-refractivity contribution in [1.29, 1.82) is 0 Å². The monoisotopic (exact) mass is 386 g/mol. The normalized spacial score (nSPS) is 28.9. The second-order valence-electron chi connectivity index (χ2n) is 5.54. The summed E-state index contributed by atoms with van der Waals surface area (Å²) in [5.41, 5.74) is 0.816. The minimum atomic E-state index is -0.798. The number of fused-ring (bicyclic) bond motifs is 1. The first-order chi connectivity index (χ1) is 9.85. The summed E-state index contributed by atoms with van der Waals surface area (Å²) in [4.78, 5) is 14.8. The molecule has 2 fully saturated rings. The van der Waals surface area contributed by atoms with E-state index in [-0.39, 0.29) is 57.4 Å². The van der Waals surface area contributed by atoms with Crippen molar-refractivity contribution in [2.75, 3.05) is 13.2 Å². The molecule has 7 heteroatoms. The van der Waals surface area contributed by atoms with Gasteiger partial charge in [-0.1, -0.05) is 20.3 Å². The van der Waals surface area contributed by atoms with Gasteiger partial charge in [-0.15, -0.1) is 10.1 Å². The Hall–Kier alpha value is -0.426. The Morgan fingerprint density at radius 1 is 1.45 bits per heavy atom. The molecule has 6 nitrogen and oxygen atoms in total. The molecule has 0 aromatic heterocycles. The Labute approximate surface area is 157 Å². The fourth-order valence-electron chi connectivity index (χ4n) is 2.29. The summed E-state index contributed by atoms with van der Waals surface area (Å²) in [6.07, 6.45) is 2.41. The van der Waals surface area contributed by atoms with Crippen LogP contribution in [0.15, 0.2) is 18.7 Å². The number of rotatable bonds is 5. The van der Waals surface area contributed by atoms with Crippen molar-refractivity contribution in [3.05, 3.63) is 41.8 Å². The molecule has 22 heavy (non-hydrogen) atoms. The average molecular weight is 386 g/mol. The van der Waals surface area contributed by atoms with Crippen LogP contribution in [0, 0.1) is 34.9 Å². The van der Waals surface area contributed by atoms with Crippen LogP contribution in [0.5, 0.6) is 0 Å². The van der Waals surface area contributed by atoms with Crippen molar-refractivity contribution >= 4 is 0 Å². The standard InChI is InChI=1S/C10H14NO5.C5H9.Y/c1-6(2)3-7-4-14-10-8(16-11(12)13)5-15-9(7)10;1-4-5(2)3;/h7-10H,1-5H2;5H,1H2,2-3H3;/q2*-1;. The maximum atomic E-state index is 10.3. The van der Waals surface area contributed by atoms with E-state index in [1.54, 1.807) is 0 Å². The zero-order valence-electron chi connectivity index (χ0n) is 13.2. The molecule has 0 spiro atoms. The van der Waals surface area contributed by atoms with Crippen molar-refractivity contribution in [3.8, 4) is 0 Å². The van der Waals surface area contributed by atoms with E-state index in [0.717, 1.165) is 5.57 Å². The van der Waals surface area contributed by atoms with Crippen LogP contribution in [0.1, 0.15) is 20.3 Å². The first kappa shape index (κ1) is 21.6. The summed E-state index contributed by atoms with van der Waals surface area (Å²) in [5, 5.41) is 9.45. The second kappa shape index (κ2) is 10.4. The van der Waals surface area contributed by atoms with Crippen LogP contribution in [0.25, 0.3) is 0 Å². The van der Waals surface area contributed by atoms with Crippen LogP contribution >= 0.6 is 0 Å². The van der Waals surface area contributed by atoms with Crippen LogP contribution < -0.4 is 0 Å². The van der Waals surface area contributed by atoms with Gasteiger partial charge < -0.3 is 20.4 Å². The van der Waals surface area contributed by atoms with E-state index in [0.29, 0.717) is 18.9 Å². The smallest absolute Gasteiger partial charge is 0.294 e. The Morgan fingerprint density at radius 2 is 2.00 bits per heavy atom. The minimum absolute atomic E-state index is 0. The predicted molar refractivity (Wildman–Crippen MR) is 77.7 cm³/mol. The van der Waals surface area contributed by atoms with E-state index in [1.165, 1.54) is 0 Å². The van der Waals surface area contributed by atoms with Gasteiger partial charge in [-0.05, 0) is 0 Å². The van der Waals surface area contributed by atoms with Crippen molar-refractivity contribution < 1.29 is 52.1 Å². The molecule has 0 aromatic rings. The summed E-state index contributed by atoms with van der Waals surface area (Å²) >= 11 is 0. The zero-order chi connectivity index (χ0) is 16.0. The first-order valence-corrected chi connectivity index (χ1v) is 6.91. The third-order valence-corrected chi connectivity index (χ3v) is 3.29. The van der Waals surface area contributed by atoms with Crippen LogP contribution in [0.2, 0.25) is 0 Å². The summed E-state index contributed by atoms with van der Waals surface area (Å²) in [6.45, 7) is 15.7. The summed E-state index contributed by atoms with van der Waals surface area (Å²) in [6, 6.07) is 0. The maximum absolute atomic E-state index is 10.3. The van der Waals surface area contributed by atoms with E-state index < -0.39 is 11.2 Å². The summed E-state index contributed by atoms with van der Waals surface area (Å²) in [7, 11) is 0. The van der Waals surface area contributed by atoms with Gasteiger partial charge in [-0.25, -0.2) is 19.1 Å². The quantitative estimate of drug-likeness (QED) is 0.412. The first-order valence-electron chi connectivity index (χ1n) is 6.91. The van der Waals surface area contributed by atoms with Gasteiger partial charge in [0.2, 0.25) is 0 Å². The predicted octanol–water partition coefficient (Wildman–Crippen LogP) is 2.39. The van der Waals surface area contributed by atoms with Crippen molar-refractivity contribution in [1.82, 2.24) is 0 Å². The molecule has 0 bridgehead atoms. The van der Waals surface area contributed by atoms with Crippen LogP contribution in [0.4, 0.5) is 0 Å². The molecule has 2 heterocycles. The van der Waals surface area contributed by atoms with Gasteiger partial charge in [0, 0.05) is 38.6 Å². The van der Waals surface area contributed by atoms with E-state index in [9.17, 15) is 10.1 Å². The maximum Gasteiger partial charge on any atom is 0.294 e. The van der Waals surface area contributed by atoms with E-state index in [1.807, 2.05) is 13.8 Å². The van der Waals surface area contributed by atoms with Crippen molar-refractivity contribution in [2.24, 2.45) is 11.8 Å². The Bertz CT molecular complexity index is 358. The number of ether oxygens (including phenoxy) is 2.